The van der Waals surface area contributed by atoms with Gasteiger partial charge in [0, 0.05) is 36.1 Å². The van der Waals surface area contributed by atoms with Gasteiger partial charge in [-0.1, -0.05) is 17.7 Å². The Kier molecular flexibility index (Phi) is 3.91. The topological polar surface area (TPSA) is 37.3 Å². The Morgan fingerprint density at radius 1 is 1.43 bits per heavy atom. The van der Waals surface area contributed by atoms with Crippen LogP contribution < -0.4 is 5.32 Å². The fraction of sp³-hybridized carbons (Fsp3) is 0.438. The van der Waals surface area contributed by atoms with Gasteiger partial charge in [-0.2, -0.15) is 0 Å². The van der Waals surface area contributed by atoms with Gasteiger partial charge in [-0.25, -0.2) is 0 Å². The number of nitrogens with zero attached hydrogens (tertiary/aromatic N) is 2. The Balaban J connectivity index is 1.75. The molecule has 112 valence electrons. The van der Waals surface area contributed by atoms with Crippen molar-refractivity contribution in [2.24, 2.45) is 13.0 Å². The molecule has 0 spiro atoms. The van der Waals surface area contributed by atoms with E-state index in [0.29, 0.717) is 16.6 Å². The maximum absolute atomic E-state index is 12.4. The molecule has 1 aliphatic heterocycles. The summed E-state index contributed by atoms with van der Waals surface area (Å²) in [5, 5.41) is 4.66. The molecule has 1 fully saturated rings. The molecule has 0 radical (unpaired) electrons. The zero-order valence-electron chi connectivity index (χ0n) is 12.4. The highest BCUT2D eigenvalue weighted by molar-refractivity contribution is 6.35. The number of aryl methyl sites for hydroxylation is 1. The second kappa shape index (κ2) is 5.70. The van der Waals surface area contributed by atoms with Crippen LogP contribution in [0.3, 0.4) is 0 Å². The molecule has 1 atom stereocenters. The van der Waals surface area contributed by atoms with Gasteiger partial charge in [-0.15, -0.1) is 0 Å². The number of amides is 1. The number of likely N-dealkylation sites (tertiary alicyclic amines) is 1. The molecule has 21 heavy (non-hydrogen) atoms. The van der Waals surface area contributed by atoms with Crippen LogP contribution in [-0.4, -0.2) is 42.1 Å². The monoisotopic (exact) mass is 305 g/mol. The van der Waals surface area contributed by atoms with Crippen LogP contribution in [0.5, 0.6) is 0 Å². The Morgan fingerprint density at radius 2 is 2.24 bits per heavy atom. The fourth-order valence-electron chi connectivity index (χ4n) is 3.06. The van der Waals surface area contributed by atoms with E-state index in [-0.39, 0.29) is 5.91 Å². The summed E-state index contributed by atoms with van der Waals surface area (Å²) in [6, 6.07) is 7.60. The lowest BCUT2D eigenvalue weighted by Gasteiger charge is -2.12. The van der Waals surface area contributed by atoms with Crippen LogP contribution in [-0.2, 0) is 7.05 Å². The third-order valence-electron chi connectivity index (χ3n) is 4.31. The van der Waals surface area contributed by atoms with Gasteiger partial charge >= 0.3 is 0 Å². The molecule has 0 saturated carbocycles. The highest BCUT2D eigenvalue weighted by Crippen LogP contribution is 2.26. The lowest BCUT2D eigenvalue weighted by molar-refractivity contribution is 0.0940. The van der Waals surface area contributed by atoms with E-state index in [9.17, 15) is 4.79 Å². The Hall–Kier alpha value is -1.52. The molecule has 1 amide bonds. The van der Waals surface area contributed by atoms with E-state index in [1.165, 1.54) is 0 Å². The van der Waals surface area contributed by atoms with E-state index in [2.05, 4.69) is 17.3 Å². The van der Waals surface area contributed by atoms with E-state index >= 15 is 0 Å². The average molecular weight is 306 g/mol. The number of carbonyl (C=O) groups is 1. The summed E-state index contributed by atoms with van der Waals surface area (Å²) >= 11 is 6.19. The molecule has 1 saturated heterocycles. The van der Waals surface area contributed by atoms with Gasteiger partial charge in [-0.3, -0.25) is 4.79 Å². The minimum atomic E-state index is -0.0284. The Bertz CT molecular complexity index is 679. The standard InChI is InChI=1S/C16H20ClN3O/c1-19-7-6-11(10-19)9-18-16(21)15-8-12-13(17)4-3-5-14(12)20(15)2/h3-5,8,11H,6-7,9-10H2,1-2H3,(H,18,21). The third-order valence-corrected chi connectivity index (χ3v) is 4.64. The fourth-order valence-corrected chi connectivity index (χ4v) is 3.29. The summed E-state index contributed by atoms with van der Waals surface area (Å²) in [4.78, 5) is 14.7. The molecule has 2 aromatic rings. The molecule has 1 aromatic heterocycles. The predicted molar refractivity (Wildman–Crippen MR) is 85.9 cm³/mol. The van der Waals surface area contributed by atoms with Crippen LogP contribution in [0.4, 0.5) is 0 Å². The summed E-state index contributed by atoms with van der Waals surface area (Å²) in [5.41, 5.74) is 1.64. The molecule has 1 unspecified atom stereocenters. The molecular formula is C16H20ClN3O. The van der Waals surface area contributed by atoms with Crippen molar-refractivity contribution < 1.29 is 4.79 Å². The molecule has 0 bridgehead atoms. The van der Waals surface area contributed by atoms with Crippen LogP contribution in [0, 0.1) is 5.92 Å². The Morgan fingerprint density at radius 3 is 2.90 bits per heavy atom. The van der Waals surface area contributed by atoms with Crippen molar-refractivity contribution in [3.63, 3.8) is 0 Å². The van der Waals surface area contributed by atoms with Crippen LogP contribution >= 0.6 is 11.6 Å². The lowest BCUT2D eigenvalue weighted by atomic mass is 10.1. The van der Waals surface area contributed by atoms with Crippen molar-refractivity contribution in [2.75, 3.05) is 26.7 Å². The summed E-state index contributed by atoms with van der Waals surface area (Å²) < 4.78 is 1.90. The number of halogens is 1. The van der Waals surface area contributed by atoms with E-state index in [0.717, 1.165) is 37.0 Å². The number of fused-ring (bicyclic) bond motifs is 1. The molecule has 1 aromatic carbocycles. The van der Waals surface area contributed by atoms with Gasteiger partial charge in [0.15, 0.2) is 0 Å². The van der Waals surface area contributed by atoms with Crippen LogP contribution in [0.2, 0.25) is 5.02 Å². The van der Waals surface area contributed by atoms with E-state index in [4.69, 9.17) is 11.6 Å². The van der Waals surface area contributed by atoms with Gasteiger partial charge in [-0.05, 0) is 44.1 Å². The van der Waals surface area contributed by atoms with Crippen molar-refractivity contribution in [2.45, 2.75) is 6.42 Å². The van der Waals surface area contributed by atoms with Crippen LogP contribution in [0.1, 0.15) is 16.9 Å². The SMILES string of the molecule is CN1CCC(CNC(=O)c2cc3c(Cl)cccc3n2C)C1. The molecule has 2 heterocycles. The predicted octanol–water partition coefficient (Wildman–Crippen LogP) is 2.51. The Labute approximate surface area is 129 Å². The summed E-state index contributed by atoms with van der Waals surface area (Å²) in [6.07, 6.45) is 1.15. The maximum atomic E-state index is 12.4. The van der Waals surface area contributed by atoms with Crippen molar-refractivity contribution in [1.82, 2.24) is 14.8 Å². The summed E-state index contributed by atoms with van der Waals surface area (Å²) in [5.74, 6) is 0.525. The van der Waals surface area contributed by atoms with Gasteiger partial charge < -0.3 is 14.8 Å². The second-order valence-corrected chi connectivity index (χ2v) is 6.30. The molecule has 1 N–H and O–H groups in total. The van der Waals surface area contributed by atoms with Crippen LogP contribution in [0.15, 0.2) is 24.3 Å². The quantitative estimate of drug-likeness (QED) is 0.946. The normalized spacial score (nSPS) is 19.3. The summed E-state index contributed by atoms with van der Waals surface area (Å²) in [6.45, 7) is 2.91. The van der Waals surface area contributed by atoms with Crippen molar-refractivity contribution in [3.05, 3.63) is 35.0 Å². The van der Waals surface area contributed by atoms with Gasteiger partial charge in [0.05, 0.1) is 0 Å². The molecule has 0 aliphatic carbocycles. The van der Waals surface area contributed by atoms with Gasteiger partial charge in [0.25, 0.3) is 5.91 Å². The number of hydrogen-bond donors (Lipinski definition) is 1. The number of hydrogen-bond acceptors (Lipinski definition) is 2. The van der Waals surface area contributed by atoms with Gasteiger partial charge in [0.1, 0.15) is 5.69 Å². The molecule has 1 aliphatic rings. The first-order valence-corrected chi connectivity index (χ1v) is 7.64. The van der Waals surface area contributed by atoms with Gasteiger partial charge in [0.2, 0.25) is 0 Å². The molecule has 5 heteroatoms. The third kappa shape index (κ3) is 2.78. The van der Waals surface area contributed by atoms with Crippen molar-refractivity contribution in [1.29, 1.82) is 0 Å². The number of carbonyl (C=O) groups excluding carboxylic acids is 1. The minimum absolute atomic E-state index is 0.0284. The van der Waals surface area contributed by atoms with Crippen molar-refractivity contribution >= 4 is 28.4 Å². The molecular weight excluding hydrogens is 286 g/mol. The number of nitrogens with one attached hydrogen (secondary N) is 1. The minimum Gasteiger partial charge on any atom is -0.350 e. The van der Waals surface area contributed by atoms with E-state index < -0.39 is 0 Å². The highest BCUT2D eigenvalue weighted by Gasteiger charge is 2.21. The van der Waals surface area contributed by atoms with E-state index in [1.54, 1.807) is 0 Å². The molecule has 4 nitrogen and oxygen atoms in total. The largest absolute Gasteiger partial charge is 0.350 e. The number of rotatable bonds is 3. The van der Waals surface area contributed by atoms with E-state index in [1.807, 2.05) is 35.9 Å². The maximum Gasteiger partial charge on any atom is 0.267 e. The second-order valence-electron chi connectivity index (χ2n) is 5.89. The van der Waals surface area contributed by atoms with Crippen LogP contribution in [0.25, 0.3) is 10.9 Å². The smallest absolute Gasteiger partial charge is 0.267 e. The zero-order chi connectivity index (χ0) is 15.0. The first kappa shape index (κ1) is 14.4. The number of benzene rings is 1. The zero-order valence-corrected chi connectivity index (χ0v) is 13.2. The summed E-state index contributed by atoms with van der Waals surface area (Å²) in [7, 11) is 4.02. The molecule has 3 rings (SSSR count). The average Bonchev–Trinajstić information content (AvgIpc) is 3.02. The van der Waals surface area contributed by atoms with Crippen molar-refractivity contribution in [3.8, 4) is 0 Å². The first-order chi connectivity index (χ1) is 10.1. The first-order valence-electron chi connectivity index (χ1n) is 7.27. The number of aromatic nitrogens is 1. The lowest BCUT2D eigenvalue weighted by Crippen LogP contribution is -2.31. The highest BCUT2D eigenvalue weighted by atomic mass is 35.5.